The van der Waals surface area contributed by atoms with E-state index in [2.05, 4.69) is 57.6 Å². The highest BCUT2D eigenvalue weighted by atomic mass is 35.5. The van der Waals surface area contributed by atoms with Gasteiger partial charge in [-0.05, 0) is 29.6 Å². The van der Waals surface area contributed by atoms with Gasteiger partial charge in [0.25, 0.3) is 0 Å². The predicted molar refractivity (Wildman–Crippen MR) is 118 cm³/mol. The van der Waals surface area contributed by atoms with Crippen LogP contribution in [0.25, 0.3) is 10.9 Å². The summed E-state index contributed by atoms with van der Waals surface area (Å²) >= 11 is 7.84. The first kappa shape index (κ1) is 19.2. The highest BCUT2D eigenvalue weighted by Gasteiger charge is 2.28. The van der Waals surface area contributed by atoms with E-state index in [4.69, 9.17) is 16.6 Å². The normalized spacial score (nSPS) is 14.5. The molecular weight excluding hydrogens is 392 g/mol. The molecule has 0 unspecified atom stereocenters. The molecule has 8 heteroatoms. The largest absolute Gasteiger partial charge is 0.370 e. The van der Waals surface area contributed by atoms with E-state index >= 15 is 0 Å². The molecule has 3 heterocycles. The van der Waals surface area contributed by atoms with Crippen molar-refractivity contribution < 1.29 is 0 Å². The van der Waals surface area contributed by atoms with E-state index in [0.717, 1.165) is 29.9 Å². The van der Waals surface area contributed by atoms with Crippen LogP contribution in [0.1, 0.15) is 25.3 Å². The van der Waals surface area contributed by atoms with Gasteiger partial charge in [0, 0.05) is 42.3 Å². The van der Waals surface area contributed by atoms with Gasteiger partial charge in [-0.25, -0.2) is 9.97 Å². The average molecular weight is 415 g/mol. The number of aromatic nitrogens is 4. The number of halogens is 1. The first-order chi connectivity index (χ1) is 13.5. The van der Waals surface area contributed by atoms with Gasteiger partial charge in [0.2, 0.25) is 5.95 Å². The van der Waals surface area contributed by atoms with Crippen molar-refractivity contribution >= 4 is 51.6 Å². The highest BCUT2D eigenvalue weighted by Crippen LogP contribution is 2.36. The minimum atomic E-state index is 0.327. The zero-order valence-electron chi connectivity index (χ0n) is 16.2. The Labute approximate surface area is 174 Å². The first-order valence-corrected chi connectivity index (χ1v) is 11.1. The maximum Gasteiger partial charge on any atom is 0.227 e. The van der Waals surface area contributed by atoms with Gasteiger partial charge in [-0.2, -0.15) is 16.9 Å². The quantitative estimate of drug-likeness (QED) is 0.624. The Morgan fingerprint density at radius 3 is 2.82 bits per heavy atom. The Bertz CT molecular complexity index is 990. The van der Waals surface area contributed by atoms with E-state index in [1.165, 1.54) is 17.0 Å². The van der Waals surface area contributed by atoms with Crippen molar-refractivity contribution in [3.63, 3.8) is 0 Å². The van der Waals surface area contributed by atoms with E-state index in [-0.39, 0.29) is 0 Å². The maximum absolute atomic E-state index is 5.92. The van der Waals surface area contributed by atoms with Gasteiger partial charge in [0.15, 0.2) is 5.15 Å². The van der Waals surface area contributed by atoms with Gasteiger partial charge >= 0.3 is 0 Å². The number of nitrogens with zero attached hydrogens (tertiary/aromatic N) is 5. The lowest BCUT2D eigenvalue weighted by atomic mass is 9.96. The van der Waals surface area contributed by atoms with Gasteiger partial charge < -0.3 is 10.2 Å². The lowest BCUT2D eigenvalue weighted by molar-refractivity contribution is 0.456. The van der Waals surface area contributed by atoms with Crippen LogP contribution in [0.15, 0.2) is 30.6 Å². The summed E-state index contributed by atoms with van der Waals surface area (Å²) in [6.45, 7) is 6.57. The van der Waals surface area contributed by atoms with Crippen LogP contribution in [0.5, 0.6) is 0 Å². The Morgan fingerprint density at radius 1 is 1.29 bits per heavy atom. The van der Waals surface area contributed by atoms with Crippen molar-refractivity contribution in [2.24, 2.45) is 5.92 Å². The number of anilines is 3. The SMILES string of the molecule is CSCC1CN(c2ccc(C(C)C)c3nc(Nc4cnnc(Cl)c4)ncc23)C1. The molecular formula is C20H23ClN6S. The summed E-state index contributed by atoms with van der Waals surface area (Å²) in [7, 11) is 0. The molecule has 1 aliphatic heterocycles. The van der Waals surface area contributed by atoms with Crippen LogP contribution >= 0.6 is 23.4 Å². The second kappa shape index (κ2) is 8.09. The summed E-state index contributed by atoms with van der Waals surface area (Å²) in [5, 5.41) is 12.2. The molecule has 0 spiro atoms. The molecule has 0 radical (unpaired) electrons. The summed E-state index contributed by atoms with van der Waals surface area (Å²) in [6, 6.07) is 6.12. The maximum atomic E-state index is 5.92. The molecule has 1 saturated heterocycles. The average Bonchev–Trinajstić information content (AvgIpc) is 2.63. The molecule has 0 atom stereocenters. The fourth-order valence-corrected chi connectivity index (χ4v) is 4.42. The molecule has 1 aromatic carbocycles. The van der Waals surface area contributed by atoms with Gasteiger partial charge in [-0.15, -0.1) is 5.10 Å². The van der Waals surface area contributed by atoms with Crippen molar-refractivity contribution in [1.29, 1.82) is 0 Å². The molecule has 1 fully saturated rings. The van der Waals surface area contributed by atoms with Crippen molar-refractivity contribution in [2.45, 2.75) is 19.8 Å². The summed E-state index contributed by atoms with van der Waals surface area (Å²) < 4.78 is 0. The third-order valence-corrected chi connectivity index (χ3v) is 5.95. The molecule has 1 N–H and O–H groups in total. The van der Waals surface area contributed by atoms with Crippen LogP contribution in [-0.2, 0) is 0 Å². The van der Waals surface area contributed by atoms with Crippen LogP contribution < -0.4 is 10.2 Å². The Balaban J connectivity index is 1.69. The second-order valence-corrected chi connectivity index (χ2v) is 8.70. The summed E-state index contributed by atoms with van der Waals surface area (Å²) in [6.07, 6.45) is 5.69. The van der Waals surface area contributed by atoms with Crippen molar-refractivity contribution in [2.75, 3.05) is 35.3 Å². The molecule has 0 saturated carbocycles. The molecule has 146 valence electrons. The minimum Gasteiger partial charge on any atom is -0.370 e. The van der Waals surface area contributed by atoms with Gasteiger partial charge in [-0.1, -0.05) is 31.5 Å². The van der Waals surface area contributed by atoms with Gasteiger partial charge in [0.05, 0.1) is 17.4 Å². The van der Waals surface area contributed by atoms with Crippen molar-refractivity contribution in [1.82, 2.24) is 20.2 Å². The lowest BCUT2D eigenvalue weighted by Crippen LogP contribution is -2.48. The number of benzene rings is 1. The zero-order valence-corrected chi connectivity index (χ0v) is 17.8. The number of fused-ring (bicyclic) bond motifs is 1. The minimum absolute atomic E-state index is 0.327. The monoisotopic (exact) mass is 414 g/mol. The number of rotatable bonds is 6. The molecule has 0 aliphatic carbocycles. The molecule has 1 aliphatic rings. The fourth-order valence-electron chi connectivity index (χ4n) is 3.57. The van der Waals surface area contributed by atoms with Crippen LogP contribution in [0.4, 0.5) is 17.3 Å². The van der Waals surface area contributed by atoms with E-state index in [1.807, 2.05) is 18.0 Å². The van der Waals surface area contributed by atoms with E-state index in [9.17, 15) is 0 Å². The van der Waals surface area contributed by atoms with Crippen molar-refractivity contribution in [3.05, 3.63) is 41.3 Å². The topological polar surface area (TPSA) is 66.8 Å². The molecule has 6 nitrogen and oxygen atoms in total. The summed E-state index contributed by atoms with van der Waals surface area (Å²) in [5.74, 6) is 2.88. The standard InChI is InChI=1S/C20H23ClN6S/c1-12(2)15-4-5-17(27-9-13(10-27)11-28-3)16-8-22-20(25-19(15)16)24-14-6-18(21)26-23-7-14/h4-8,12-13H,9-11H2,1-3H3,(H,22,24,25,26). The highest BCUT2D eigenvalue weighted by molar-refractivity contribution is 7.98. The van der Waals surface area contributed by atoms with Crippen LogP contribution in [-0.4, -0.2) is 45.3 Å². The molecule has 3 aromatic rings. The fraction of sp³-hybridized carbons (Fsp3) is 0.400. The lowest BCUT2D eigenvalue weighted by Gasteiger charge is -2.41. The number of nitrogens with one attached hydrogen (secondary N) is 1. The third-order valence-electron chi connectivity index (χ3n) is 4.96. The molecule has 4 rings (SSSR count). The van der Waals surface area contributed by atoms with E-state index < -0.39 is 0 Å². The molecule has 0 amide bonds. The summed E-state index contributed by atoms with van der Waals surface area (Å²) in [5.41, 5.74) is 4.14. The zero-order chi connectivity index (χ0) is 19.7. The number of hydrogen-bond acceptors (Lipinski definition) is 7. The molecule has 2 aromatic heterocycles. The van der Waals surface area contributed by atoms with Crippen LogP contribution in [0.2, 0.25) is 5.15 Å². The molecule has 0 bridgehead atoms. The van der Waals surface area contributed by atoms with Crippen molar-refractivity contribution in [3.8, 4) is 0 Å². The third kappa shape index (κ3) is 3.86. The second-order valence-electron chi connectivity index (χ2n) is 7.40. The van der Waals surface area contributed by atoms with E-state index in [0.29, 0.717) is 22.7 Å². The Kier molecular flexibility index (Phi) is 5.55. The Hall–Kier alpha value is -2.12. The smallest absolute Gasteiger partial charge is 0.227 e. The molecule has 28 heavy (non-hydrogen) atoms. The summed E-state index contributed by atoms with van der Waals surface area (Å²) in [4.78, 5) is 11.8. The number of hydrogen-bond donors (Lipinski definition) is 1. The Morgan fingerprint density at radius 2 is 2.11 bits per heavy atom. The van der Waals surface area contributed by atoms with Crippen LogP contribution in [0.3, 0.4) is 0 Å². The van der Waals surface area contributed by atoms with Crippen LogP contribution in [0, 0.1) is 5.92 Å². The van der Waals surface area contributed by atoms with Gasteiger partial charge in [0.1, 0.15) is 0 Å². The van der Waals surface area contributed by atoms with Gasteiger partial charge in [-0.3, -0.25) is 0 Å². The predicted octanol–water partition coefficient (Wildman–Crippen LogP) is 4.74. The number of thioether (sulfide) groups is 1. The van der Waals surface area contributed by atoms with E-state index in [1.54, 1.807) is 12.3 Å². The first-order valence-electron chi connectivity index (χ1n) is 9.34.